The van der Waals surface area contributed by atoms with Gasteiger partial charge in [0.25, 0.3) is 0 Å². The Kier molecular flexibility index (Phi) is 7.09. The molecule has 0 aliphatic carbocycles. The van der Waals surface area contributed by atoms with Crippen LogP contribution >= 0.6 is 0 Å². The normalized spacial score (nSPS) is 13.0. The van der Waals surface area contributed by atoms with Crippen molar-refractivity contribution in [3.8, 4) is 0 Å². The summed E-state index contributed by atoms with van der Waals surface area (Å²) in [4.78, 5) is 25.4. The molecule has 0 aliphatic rings. The van der Waals surface area contributed by atoms with E-state index in [0.717, 1.165) is 22.8 Å². The first-order chi connectivity index (χ1) is 14.1. The molecule has 0 saturated carbocycles. The summed E-state index contributed by atoms with van der Waals surface area (Å²) >= 11 is 0. The number of aromatic nitrogens is 1. The summed E-state index contributed by atoms with van der Waals surface area (Å²) in [7, 11) is 0. The second-order valence-electron chi connectivity index (χ2n) is 7.04. The van der Waals surface area contributed by atoms with Crippen molar-refractivity contribution in [1.82, 2.24) is 5.32 Å². The number of hydrogen-bond donors (Lipinski definition) is 1. The summed E-state index contributed by atoms with van der Waals surface area (Å²) < 4.78 is 6.79. The molecule has 0 radical (unpaired) electrons. The van der Waals surface area contributed by atoms with E-state index in [-0.39, 0.29) is 11.9 Å². The number of nitrogens with zero attached hydrogens (tertiary/aromatic N) is 1. The highest BCUT2D eigenvalue weighted by molar-refractivity contribution is 5.82. The predicted molar refractivity (Wildman–Crippen MR) is 113 cm³/mol. The van der Waals surface area contributed by atoms with Crippen LogP contribution in [0.3, 0.4) is 0 Å². The Hall–Kier alpha value is -3.05. The van der Waals surface area contributed by atoms with E-state index in [1.807, 2.05) is 66.9 Å². The van der Waals surface area contributed by atoms with Gasteiger partial charge in [-0.05, 0) is 43.7 Å². The Morgan fingerprint density at radius 1 is 1.00 bits per heavy atom. The SMILES string of the molecule is CCOC(=O)C(CCc1ccccc1)NC(C)C(=O)[n+]1ccc2ccccc2c1. The maximum atomic E-state index is 12.9. The third-order valence-electron chi connectivity index (χ3n) is 4.90. The molecule has 5 heteroatoms. The topological polar surface area (TPSA) is 59.3 Å². The highest BCUT2D eigenvalue weighted by Gasteiger charge is 2.29. The highest BCUT2D eigenvalue weighted by Crippen LogP contribution is 2.10. The first-order valence-corrected chi connectivity index (χ1v) is 9.99. The summed E-state index contributed by atoms with van der Waals surface area (Å²) in [6, 6.07) is 18.7. The summed E-state index contributed by atoms with van der Waals surface area (Å²) in [5.41, 5.74) is 1.14. The standard InChI is InChI=1S/C24H27N2O3/c1-3-29-24(28)22(14-13-19-9-5-4-6-10-19)25-18(2)23(27)26-16-15-20-11-7-8-12-21(20)17-26/h4-12,15-18,22,25H,3,13-14H2,1-2H3/q+1. The van der Waals surface area contributed by atoms with Gasteiger partial charge in [0.05, 0.1) is 6.61 Å². The molecule has 2 unspecified atom stereocenters. The van der Waals surface area contributed by atoms with Crippen LogP contribution in [0.15, 0.2) is 73.1 Å². The van der Waals surface area contributed by atoms with Crippen LogP contribution in [0.25, 0.3) is 10.8 Å². The lowest BCUT2D eigenvalue weighted by molar-refractivity contribution is -0.573. The molecule has 5 nitrogen and oxygen atoms in total. The van der Waals surface area contributed by atoms with Crippen LogP contribution in [0.4, 0.5) is 0 Å². The smallest absolute Gasteiger partial charge is 0.408 e. The van der Waals surface area contributed by atoms with Gasteiger partial charge in [-0.3, -0.25) is 10.1 Å². The van der Waals surface area contributed by atoms with Crippen LogP contribution < -0.4 is 9.88 Å². The van der Waals surface area contributed by atoms with Gasteiger partial charge in [0.1, 0.15) is 12.1 Å². The van der Waals surface area contributed by atoms with Gasteiger partial charge in [-0.2, -0.15) is 0 Å². The molecular formula is C24H27N2O3+. The minimum atomic E-state index is -0.546. The van der Waals surface area contributed by atoms with Crippen molar-refractivity contribution >= 4 is 22.6 Å². The van der Waals surface area contributed by atoms with Crippen molar-refractivity contribution in [1.29, 1.82) is 0 Å². The zero-order valence-corrected chi connectivity index (χ0v) is 16.9. The Balaban J connectivity index is 1.70. The maximum absolute atomic E-state index is 12.9. The Morgan fingerprint density at radius 2 is 1.69 bits per heavy atom. The predicted octanol–water partition coefficient (Wildman–Crippen LogP) is 3.31. The van der Waals surface area contributed by atoms with Gasteiger partial charge in [0.2, 0.25) is 0 Å². The van der Waals surface area contributed by atoms with Gasteiger partial charge in [-0.15, -0.1) is 4.57 Å². The monoisotopic (exact) mass is 391 g/mol. The second kappa shape index (κ2) is 9.94. The second-order valence-corrected chi connectivity index (χ2v) is 7.04. The van der Waals surface area contributed by atoms with E-state index in [1.54, 1.807) is 24.6 Å². The minimum Gasteiger partial charge on any atom is -0.465 e. The molecule has 1 N–H and O–H groups in total. The lowest BCUT2D eigenvalue weighted by Gasteiger charge is -2.19. The van der Waals surface area contributed by atoms with E-state index in [4.69, 9.17) is 4.74 Å². The van der Waals surface area contributed by atoms with Crippen LogP contribution in [0.1, 0.15) is 30.6 Å². The zero-order chi connectivity index (χ0) is 20.6. The molecule has 1 aromatic heterocycles. The van der Waals surface area contributed by atoms with Crippen LogP contribution in [0.5, 0.6) is 0 Å². The number of rotatable bonds is 8. The molecule has 0 aliphatic heterocycles. The van der Waals surface area contributed by atoms with Gasteiger partial charge in [-0.1, -0.05) is 48.5 Å². The van der Waals surface area contributed by atoms with Crippen LogP contribution in [0, 0.1) is 0 Å². The number of fused-ring (bicyclic) bond motifs is 1. The highest BCUT2D eigenvalue weighted by atomic mass is 16.5. The van der Waals surface area contributed by atoms with Crippen molar-refractivity contribution in [2.45, 2.75) is 38.8 Å². The Bertz CT molecular complexity index is 972. The largest absolute Gasteiger partial charge is 0.465 e. The van der Waals surface area contributed by atoms with Crippen molar-refractivity contribution in [3.63, 3.8) is 0 Å². The van der Waals surface area contributed by atoms with E-state index < -0.39 is 12.1 Å². The first-order valence-electron chi connectivity index (χ1n) is 9.99. The number of pyridine rings is 1. The molecule has 1 heterocycles. The number of aryl methyl sites for hydroxylation is 1. The molecular weight excluding hydrogens is 364 g/mol. The van der Waals surface area contributed by atoms with Gasteiger partial charge in [-0.25, -0.2) is 4.79 Å². The molecule has 0 fully saturated rings. The van der Waals surface area contributed by atoms with Crippen LogP contribution in [0.2, 0.25) is 0 Å². The van der Waals surface area contributed by atoms with Gasteiger partial charge in [0, 0.05) is 11.5 Å². The van der Waals surface area contributed by atoms with E-state index in [9.17, 15) is 9.59 Å². The quantitative estimate of drug-likeness (QED) is 0.473. The van der Waals surface area contributed by atoms with Crippen LogP contribution in [-0.2, 0) is 16.0 Å². The summed E-state index contributed by atoms with van der Waals surface area (Å²) in [6.07, 6.45) is 4.86. The minimum absolute atomic E-state index is 0.121. The van der Waals surface area contributed by atoms with E-state index >= 15 is 0 Å². The zero-order valence-electron chi connectivity index (χ0n) is 16.9. The lowest BCUT2D eigenvalue weighted by atomic mass is 10.0. The fraction of sp³-hybridized carbons (Fsp3) is 0.292. The van der Waals surface area contributed by atoms with Crippen molar-refractivity contribution < 1.29 is 18.9 Å². The summed E-state index contributed by atoms with van der Waals surface area (Å²) in [5, 5.41) is 5.23. The molecule has 150 valence electrons. The van der Waals surface area contributed by atoms with E-state index in [2.05, 4.69) is 5.32 Å². The molecule has 29 heavy (non-hydrogen) atoms. The fourth-order valence-electron chi connectivity index (χ4n) is 3.34. The van der Waals surface area contributed by atoms with Gasteiger partial charge in [0.15, 0.2) is 12.4 Å². The first kappa shape index (κ1) is 20.7. The van der Waals surface area contributed by atoms with E-state index in [1.165, 1.54) is 0 Å². The summed E-state index contributed by atoms with van der Waals surface area (Å²) in [6.45, 7) is 3.87. The molecule has 3 aromatic rings. The number of carbonyl (C=O) groups is 2. The lowest BCUT2D eigenvalue weighted by Crippen LogP contribution is -2.56. The molecule has 0 amide bonds. The van der Waals surface area contributed by atoms with Crippen LogP contribution in [-0.4, -0.2) is 30.6 Å². The molecule has 0 saturated heterocycles. The van der Waals surface area contributed by atoms with Crippen molar-refractivity contribution in [2.75, 3.05) is 6.61 Å². The average Bonchev–Trinajstić information content (AvgIpc) is 2.76. The Morgan fingerprint density at radius 3 is 2.41 bits per heavy atom. The molecule has 0 spiro atoms. The molecule has 2 aromatic carbocycles. The number of benzene rings is 2. The third-order valence-corrected chi connectivity index (χ3v) is 4.90. The van der Waals surface area contributed by atoms with E-state index in [0.29, 0.717) is 13.0 Å². The molecule has 3 rings (SSSR count). The number of esters is 1. The average molecular weight is 391 g/mol. The third kappa shape index (κ3) is 5.48. The molecule has 2 atom stereocenters. The van der Waals surface area contributed by atoms with Crippen molar-refractivity contribution in [2.24, 2.45) is 0 Å². The van der Waals surface area contributed by atoms with Crippen molar-refractivity contribution in [3.05, 3.63) is 78.6 Å². The Labute approximate surface area is 171 Å². The summed E-state index contributed by atoms with van der Waals surface area (Å²) in [5.74, 6) is -0.448. The number of carbonyl (C=O) groups excluding carboxylic acids is 2. The van der Waals surface area contributed by atoms with Gasteiger partial charge >= 0.3 is 11.9 Å². The number of nitrogens with one attached hydrogen (secondary N) is 1. The fourth-order valence-corrected chi connectivity index (χ4v) is 3.34. The molecule has 0 bridgehead atoms. The number of hydrogen-bond acceptors (Lipinski definition) is 4. The van der Waals surface area contributed by atoms with Gasteiger partial charge < -0.3 is 4.74 Å². The number of ether oxygens (including phenoxy) is 1. The maximum Gasteiger partial charge on any atom is 0.408 e.